The highest BCUT2D eigenvalue weighted by Gasteiger charge is 2.39. The minimum Gasteiger partial charge on any atom is -0.330 e. The molecule has 2 aliphatic rings. The van der Waals surface area contributed by atoms with Crippen LogP contribution < -0.4 is 16.4 Å². The van der Waals surface area contributed by atoms with Crippen LogP contribution in [-0.4, -0.2) is 41.1 Å². The second kappa shape index (κ2) is 8.08. The maximum absolute atomic E-state index is 12.9. The van der Waals surface area contributed by atoms with Crippen molar-refractivity contribution in [2.45, 2.75) is 31.8 Å². The Morgan fingerprint density at radius 3 is 2.60 bits per heavy atom. The van der Waals surface area contributed by atoms with E-state index in [4.69, 9.17) is 5.73 Å². The number of nitrogens with one attached hydrogen (secondary N) is 2. The van der Waals surface area contributed by atoms with Crippen molar-refractivity contribution in [3.63, 3.8) is 0 Å². The Labute approximate surface area is 173 Å². The van der Waals surface area contributed by atoms with Gasteiger partial charge in [-0.25, -0.2) is 0 Å². The molecule has 30 heavy (non-hydrogen) atoms. The van der Waals surface area contributed by atoms with E-state index in [0.29, 0.717) is 29.8 Å². The molecule has 4 amide bonds. The normalized spacial score (nSPS) is 18.2. The second-order valence-corrected chi connectivity index (χ2v) is 7.46. The molecule has 4 N–H and O–H groups in total. The zero-order valence-corrected chi connectivity index (χ0v) is 16.3. The third-order valence-electron chi connectivity index (χ3n) is 5.44. The fourth-order valence-electron chi connectivity index (χ4n) is 3.82. The molecule has 2 aliphatic heterocycles. The van der Waals surface area contributed by atoms with Crippen molar-refractivity contribution in [3.8, 4) is 0 Å². The molecule has 0 spiro atoms. The molecule has 2 aromatic rings. The van der Waals surface area contributed by atoms with E-state index in [-0.39, 0.29) is 30.7 Å². The lowest BCUT2D eigenvalue weighted by molar-refractivity contribution is -0.136. The summed E-state index contributed by atoms with van der Waals surface area (Å²) in [6, 6.07) is 11.7. The molecule has 0 aromatic heterocycles. The number of benzene rings is 2. The molecule has 1 atom stereocenters. The molecule has 0 bridgehead atoms. The summed E-state index contributed by atoms with van der Waals surface area (Å²) in [5.74, 6) is -1.41. The maximum Gasteiger partial charge on any atom is 0.255 e. The molecule has 8 nitrogen and oxygen atoms in total. The van der Waals surface area contributed by atoms with E-state index in [2.05, 4.69) is 10.6 Å². The van der Waals surface area contributed by atoms with Gasteiger partial charge in [0, 0.05) is 29.8 Å². The lowest BCUT2D eigenvalue weighted by Gasteiger charge is -2.29. The van der Waals surface area contributed by atoms with Gasteiger partial charge in [-0.1, -0.05) is 18.2 Å². The Balaban J connectivity index is 1.48. The van der Waals surface area contributed by atoms with Crippen LogP contribution in [0.5, 0.6) is 0 Å². The smallest absolute Gasteiger partial charge is 0.255 e. The Morgan fingerprint density at radius 2 is 1.90 bits per heavy atom. The molecule has 1 saturated heterocycles. The summed E-state index contributed by atoms with van der Waals surface area (Å²) < 4.78 is 0. The maximum atomic E-state index is 12.9. The van der Waals surface area contributed by atoms with Gasteiger partial charge in [-0.2, -0.15) is 0 Å². The third kappa shape index (κ3) is 3.81. The van der Waals surface area contributed by atoms with Gasteiger partial charge in [-0.3, -0.25) is 24.5 Å². The Bertz CT molecular complexity index is 1030. The number of piperidine rings is 1. The summed E-state index contributed by atoms with van der Waals surface area (Å²) in [6.07, 6.45) is 1.27. The van der Waals surface area contributed by atoms with Gasteiger partial charge in [-0.15, -0.1) is 0 Å². The number of nitrogens with zero attached hydrogens (tertiary/aromatic N) is 1. The van der Waals surface area contributed by atoms with E-state index in [0.717, 1.165) is 17.5 Å². The van der Waals surface area contributed by atoms with E-state index in [1.807, 2.05) is 24.3 Å². The number of hydrogen-bond donors (Lipinski definition) is 3. The molecular formula is C22H22N4O4. The predicted octanol–water partition coefficient (Wildman–Crippen LogP) is 1.20. The fourth-order valence-corrected chi connectivity index (χ4v) is 3.82. The molecule has 1 fully saturated rings. The molecule has 8 heteroatoms. The molecule has 2 aromatic carbocycles. The monoisotopic (exact) mass is 406 g/mol. The van der Waals surface area contributed by atoms with Gasteiger partial charge in [0.25, 0.3) is 11.8 Å². The van der Waals surface area contributed by atoms with E-state index in [1.54, 1.807) is 18.2 Å². The molecule has 4 rings (SSSR count). The number of amides is 4. The van der Waals surface area contributed by atoms with Crippen LogP contribution in [-0.2, 0) is 22.6 Å². The number of rotatable bonds is 5. The average molecular weight is 406 g/mol. The molecule has 1 unspecified atom stereocenters. The summed E-state index contributed by atoms with van der Waals surface area (Å²) in [6.45, 7) is 0.843. The van der Waals surface area contributed by atoms with Crippen LogP contribution in [0.25, 0.3) is 0 Å². The molecule has 0 saturated carbocycles. The minimum absolute atomic E-state index is 0.203. The highest BCUT2D eigenvalue weighted by molar-refractivity contribution is 6.08. The average Bonchev–Trinajstić information content (AvgIpc) is 3.05. The van der Waals surface area contributed by atoms with Crippen LogP contribution in [0.15, 0.2) is 42.5 Å². The number of fused-ring (bicyclic) bond motifs is 1. The van der Waals surface area contributed by atoms with Gasteiger partial charge >= 0.3 is 0 Å². The van der Waals surface area contributed by atoms with E-state index < -0.39 is 11.9 Å². The molecule has 154 valence electrons. The first kappa shape index (κ1) is 19.8. The molecular weight excluding hydrogens is 384 g/mol. The van der Waals surface area contributed by atoms with Crippen LogP contribution in [0.3, 0.4) is 0 Å². The van der Waals surface area contributed by atoms with Crippen LogP contribution in [0.2, 0.25) is 0 Å². The van der Waals surface area contributed by atoms with Crippen molar-refractivity contribution in [3.05, 3.63) is 64.7 Å². The van der Waals surface area contributed by atoms with E-state index in [1.165, 1.54) is 4.90 Å². The Kier molecular flexibility index (Phi) is 5.33. The largest absolute Gasteiger partial charge is 0.330 e. The summed E-state index contributed by atoms with van der Waals surface area (Å²) in [5.41, 5.74) is 8.81. The zero-order chi connectivity index (χ0) is 21.3. The van der Waals surface area contributed by atoms with Gasteiger partial charge in [0.2, 0.25) is 11.8 Å². The van der Waals surface area contributed by atoms with Gasteiger partial charge in [-0.05, 0) is 54.8 Å². The third-order valence-corrected chi connectivity index (χ3v) is 5.44. The lowest BCUT2D eigenvalue weighted by Crippen LogP contribution is -2.52. The summed E-state index contributed by atoms with van der Waals surface area (Å²) >= 11 is 0. The van der Waals surface area contributed by atoms with Crippen molar-refractivity contribution in [2.75, 3.05) is 11.9 Å². The molecule has 0 radical (unpaired) electrons. The summed E-state index contributed by atoms with van der Waals surface area (Å²) in [5, 5.41) is 5.10. The van der Waals surface area contributed by atoms with Gasteiger partial charge < -0.3 is 16.0 Å². The SMILES string of the molecule is NCCc1ccc(NC(=O)c2ccc3c(c2)C(=O)N(C2CCC(=O)NC2=O)C3)cc1. The lowest BCUT2D eigenvalue weighted by atomic mass is 10.0. The van der Waals surface area contributed by atoms with Crippen LogP contribution in [0.1, 0.15) is 44.7 Å². The van der Waals surface area contributed by atoms with Crippen molar-refractivity contribution in [1.29, 1.82) is 0 Å². The van der Waals surface area contributed by atoms with Crippen LogP contribution >= 0.6 is 0 Å². The molecule has 0 aliphatic carbocycles. The highest BCUT2D eigenvalue weighted by Crippen LogP contribution is 2.28. The zero-order valence-electron chi connectivity index (χ0n) is 16.3. The molecule has 2 heterocycles. The van der Waals surface area contributed by atoms with Gasteiger partial charge in [0.1, 0.15) is 6.04 Å². The first-order chi connectivity index (χ1) is 14.5. The number of nitrogens with two attached hydrogens (primary N) is 1. The Morgan fingerprint density at radius 1 is 1.13 bits per heavy atom. The van der Waals surface area contributed by atoms with Crippen molar-refractivity contribution < 1.29 is 19.2 Å². The quantitative estimate of drug-likeness (QED) is 0.644. The van der Waals surface area contributed by atoms with Crippen LogP contribution in [0, 0.1) is 0 Å². The second-order valence-electron chi connectivity index (χ2n) is 7.46. The van der Waals surface area contributed by atoms with E-state index >= 15 is 0 Å². The standard InChI is InChI=1S/C22H22N4O4/c23-10-9-13-1-5-16(6-2-13)24-20(28)14-3-4-15-12-26(22(30)17(15)11-14)18-7-8-19(27)25-21(18)29/h1-6,11,18H,7-10,12,23H2,(H,24,28)(H,25,27,29). The first-order valence-electron chi connectivity index (χ1n) is 9.84. The fraction of sp³-hybridized carbons (Fsp3) is 0.273. The number of carbonyl (C=O) groups excluding carboxylic acids is 4. The Hall–Kier alpha value is -3.52. The number of anilines is 1. The van der Waals surface area contributed by atoms with Crippen molar-refractivity contribution >= 4 is 29.3 Å². The first-order valence-corrected chi connectivity index (χ1v) is 9.84. The summed E-state index contributed by atoms with van der Waals surface area (Å²) in [7, 11) is 0. The topological polar surface area (TPSA) is 122 Å². The number of carbonyl (C=O) groups is 4. The van der Waals surface area contributed by atoms with E-state index in [9.17, 15) is 19.2 Å². The summed E-state index contributed by atoms with van der Waals surface area (Å²) in [4.78, 5) is 50.5. The minimum atomic E-state index is -0.674. The van der Waals surface area contributed by atoms with Gasteiger partial charge in [0.15, 0.2) is 0 Å². The number of imide groups is 1. The van der Waals surface area contributed by atoms with Crippen molar-refractivity contribution in [1.82, 2.24) is 10.2 Å². The van der Waals surface area contributed by atoms with Crippen LogP contribution in [0.4, 0.5) is 5.69 Å². The predicted molar refractivity (Wildman–Crippen MR) is 110 cm³/mol. The van der Waals surface area contributed by atoms with Gasteiger partial charge in [0.05, 0.1) is 0 Å². The number of hydrogen-bond acceptors (Lipinski definition) is 5. The van der Waals surface area contributed by atoms with Crippen molar-refractivity contribution in [2.24, 2.45) is 5.73 Å². The highest BCUT2D eigenvalue weighted by atomic mass is 16.2.